The Hall–Kier alpha value is -1.84. The van der Waals surface area contributed by atoms with Gasteiger partial charge in [0.1, 0.15) is 5.82 Å². The Bertz CT molecular complexity index is 561. The normalized spacial score (nSPS) is 16.6. The topological polar surface area (TPSA) is 63.8 Å². The number of nitrogen functional groups attached to an aromatic ring is 1. The molecule has 0 aliphatic heterocycles. The molecular formula is C15H20N4. The van der Waals surface area contributed by atoms with Crippen LogP contribution in [0.5, 0.6) is 0 Å². The summed E-state index contributed by atoms with van der Waals surface area (Å²) in [5.41, 5.74) is 6.88. The SMILES string of the molecule is Nc1nc(NCC2CCCCC2)nc2ccccc12. The van der Waals surface area contributed by atoms with Gasteiger partial charge in [0.2, 0.25) is 5.95 Å². The maximum atomic E-state index is 5.97. The summed E-state index contributed by atoms with van der Waals surface area (Å²) < 4.78 is 0. The number of fused-ring (bicyclic) bond motifs is 1. The van der Waals surface area contributed by atoms with E-state index in [-0.39, 0.29) is 0 Å². The van der Waals surface area contributed by atoms with E-state index < -0.39 is 0 Å². The second-order valence-corrected chi connectivity index (χ2v) is 5.33. The van der Waals surface area contributed by atoms with Gasteiger partial charge < -0.3 is 11.1 Å². The summed E-state index contributed by atoms with van der Waals surface area (Å²) in [4.78, 5) is 8.86. The zero-order valence-electron chi connectivity index (χ0n) is 11.1. The summed E-state index contributed by atoms with van der Waals surface area (Å²) >= 11 is 0. The van der Waals surface area contributed by atoms with Crippen molar-refractivity contribution in [1.82, 2.24) is 9.97 Å². The number of para-hydroxylation sites is 1. The lowest BCUT2D eigenvalue weighted by Gasteiger charge is -2.21. The smallest absolute Gasteiger partial charge is 0.225 e. The largest absolute Gasteiger partial charge is 0.383 e. The van der Waals surface area contributed by atoms with E-state index in [1.807, 2.05) is 24.3 Å². The Morgan fingerprint density at radius 1 is 1.11 bits per heavy atom. The van der Waals surface area contributed by atoms with Crippen molar-refractivity contribution in [3.63, 3.8) is 0 Å². The van der Waals surface area contributed by atoms with Gasteiger partial charge in [-0.15, -0.1) is 0 Å². The molecule has 1 aliphatic rings. The van der Waals surface area contributed by atoms with Crippen LogP contribution in [-0.4, -0.2) is 16.5 Å². The van der Waals surface area contributed by atoms with Crippen LogP contribution >= 0.6 is 0 Å². The van der Waals surface area contributed by atoms with Crippen molar-refractivity contribution in [2.24, 2.45) is 5.92 Å². The molecule has 0 atom stereocenters. The molecule has 1 aromatic heterocycles. The third kappa shape index (κ3) is 2.78. The molecule has 4 heteroatoms. The van der Waals surface area contributed by atoms with Crippen molar-refractivity contribution >= 4 is 22.7 Å². The van der Waals surface area contributed by atoms with Gasteiger partial charge in [0.25, 0.3) is 0 Å². The highest BCUT2D eigenvalue weighted by Crippen LogP contribution is 2.24. The fraction of sp³-hybridized carbons (Fsp3) is 0.467. The lowest BCUT2D eigenvalue weighted by Crippen LogP contribution is -2.18. The van der Waals surface area contributed by atoms with Gasteiger partial charge in [-0.25, -0.2) is 4.98 Å². The van der Waals surface area contributed by atoms with E-state index in [9.17, 15) is 0 Å². The van der Waals surface area contributed by atoms with Crippen LogP contribution in [0, 0.1) is 5.92 Å². The monoisotopic (exact) mass is 256 g/mol. The van der Waals surface area contributed by atoms with Gasteiger partial charge in [0.15, 0.2) is 0 Å². The van der Waals surface area contributed by atoms with Crippen LogP contribution in [0.2, 0.25) is 0 Å². The molecule has 0 bridgehead atoms. The molecule has 4 nitrogen and oxygen atoms in total. The van der Waals surface area contributed by atoms with Crippen LogP contribution in [0.1, 0.15) is 32.1 Å². The molecule has 19 heavy (non-hydrogen) atoms. The number of aromatic nitrogens is 2. The Morgan fingerprint density at radius 2 is 1.89 bits per heavy atom. The standard InChI is InChI=1S/C15H20N4/c16-14-12-8-4-5-9-13(12)18-15(19-14)17-10-11-6-2-1-3-7-11/h4-5,8-9,11H,1-3,6-7,10H2,(H3,16,17,18,19). The first-order chi connectivity index (χ1) is 9.33. The third-order valence-corrected chi connectivity index (χ3v) is 3.91. The van der Waals surface area contributed by atoms with E-state index in [2.05, 4.69) is 15.3 Å². The van der Waals surface area contributed by atoms with E-state index in [0.29, 0.717) is 11.8 Å². The van der Waals surface area contributed by atoms with Gasteiger partial charge in [0.05, 0.1) is 5.52 Å². The Morgan fingerprint density at radius 3 is 2.74 bits per heavy atom. The second kappa shape index (κ2) is 5.43. The number of nitrogens with one attached hydrogen (secondary N) is 1. The molecule has 0 unspecified atom stereocenters. The average molecular weight is 256 g/mol. The Balaban J connectivity index is 1.73. The molecule has 3 N–H and O–H groups in total. The summed E-state index contributed by atoms with van der Waals surface area (Å²) in [5.74, 6) is 1.96. The molecule has 3 rings (SSSR count). The molecule has 1 heterocycles. The first kappa shape index (κ1) is 12.2. The molecule has 100 valence electrons. The van der Waals surface area contributed by atoms with Crippen LogP contribution in [0.3, 0.4) is 0 Å². The lowest BCUT2D eigenvalue weighted by molar-refractivity contribution is 0.373. The molecule has 1 aliphatic carbocycles. The van der Waals surface area contributed by atoms with Crippen molar-refractivity contribution in [3.05, 3.63) is 24.3 Å². The molecule has 1 aromatic carbocycles. The number of nitrogens with zero attached hydrogens (tertiary/aromatic N) is 2. The number of hydrogen-bond acceptors (Lipinski definition) is 4. The van der Waals surface area contributed by atoms with Gasteiger partial charge in [-0.3, -0.25) is 0 Å². The van der Waals surface area contributed by atoms with Crippen LogP contribution in [0.25, 0.3) is 10.9 Å². The fourth-order valence-electron chi connectivity index (χ4n) is 2.81. The van der Waals surface area contributed by atoms with Crippen LogP contribution in [-0.2, 0) is 0 Å². The highest BCUT2D eigenvalue weighted by Gasteiger charge is 2.13. The van der Waals surface area contributed by atoms with Crippen molar-refractivity contribution in [3.8, 4) is 0 Å². The number of hydrogen-bond donors (Lipinski definition) is 2. The first-order valence-corrected chi connectivity index (χ1v) is 7.09. The number of nitrogens with two attached hydrogens (primary N) is 1. The maximum absolute atomic E-state index is 5.97. The van der Waals surface area contributed by atoms with Crippen LogP contribution in [0.15, 0.2) is 24.3 Å². The van der Waals surface area contributed by atoms with Crippen molar-refractivity contribution in [2.45, 2.75) is 32.1 Å². The minimum absolute atomic E-state index is 0.553. The van der Waals surface area contributed by atoms with Gasteiger partial charge in [0, 0.05) is 11.9 Å². The zero-order valence-corrected chi connectivity index (χ0v) is 11.1. The molecule has 0 saturated heterocycles. The van der Waals surface area contributed by atoms with E-state index in [1.54, 1.807) is 0 Å². The zero-order chi connectivity index (χ0) is 13.1. The fourth-order valence-corrected chi connectivity index (χ4v) is 2.81. The maximum Gasteiger partial charge on any atom is 0.225 e. The van der Waals surface area contributed by atoms with Gasteiger partial charge >= 0.3 is 0 Å². The molecule has 0 amide bonds. The second-order valence-electron chi connectivity index (χ2n) is 5.33. The Kier molecular flexibility index (Phi) is 3.49. The van der Waals surface area contributed by atoms with Crippen molar-refractivity contribution < 1.29 is 0 Å². The highest BCUT2D eigenvalue weighted by molar-refractivity contribution is 5.88. The quantitative estimate of drug-likeness (QED) is 0.885. The van der Waals surface area contributed by atoms with E-state index in [0.717, 1.165) is 23.4 Å². The molecule has 2 aromatic rings. The molecule has 0 spiro atoms. The lowest BCUT2D eigenvalue weighted by atomic mass is 9.89. The number of anilines is 2. The molecule has 1 fully saturated rings. The molecule has 1 saturated carbocycles. The summed E-state index contributed by atoms with van der Waals surface area (Å²) in [6.45, 7) is 0.956. The van der Waals surface area contributed by atoms with Crippen molar-refractivity contribution in [1.29, 1.82) is 0 Å². The summed E-state index contributed by atoms with van der Waals surface area (Å²) in [6, 6.07) is 7.85. The predicted molar refractivity (Wildman–Crippen MR) is 79.0 cm³/mol. The molecule has 0 radical (unpaired) electrons. The van der Waals surface area contributed by atoms with Crippen molar-refractivity contribution in [2.75, 3.05) is 17.6 Å². The predicted octanol–water partition coefficient (Wildman–Crippen LogP) is 3.20. The van der Waals surface area contributed by atoms with Gasteiger partial charge in [-0.1, -0.05) is 31.4 Å². The van der Waals surface area contributed by atoms with Gasteiger partial charge in [-0.05, 0) is 30.9 Å². The average Bonchev–Trinajstić information content (AvgIpc) is 2.46. The Labute approximate surface area is 113 Å². The van der Waals surface area contributed by atoms with E-state index in [4.69, 9.17) is 5.73 Å². The third-order valence-electron chi connectivity index (χ3n) is 3.91. The summed E-state index contributed by atoms with van der Waals surface area (Å²) in [5, 5.41) is 4.27. The van der Waals surface area contributed by atoms with Crippen LogP contribution in [0.4, 0.5) is 11.8 Å². The minimum atomic E-state index is 0.553. The van der Waals surface area contributed by atoms with Gasteiger partial charge in [-0.2, -0.15) is 4.98 Å². The minimum Gasteiger partial charge on any atom is -0.383 e. The first-order valence-electron chi connectivity index (χ1n) is 7.09. The highest BCUT2D eigenvalue weighted by atomic mass is 15.1. The van der Waals surface area contributed by atoms with Crippen LogP contribution < -0.4 is 11.1 Å². The van der Waals surface area contributed by atoms with E-state index in [1.165, 1.54) is 32.1 Å². The molecular weight excluding hydrogens is 236 g/mol. The summed E-state index contributed by atoms with van der Waals surface area (Å²) in [7, 11) is 0. The number of rotatable bonds is 3. The summed E-state index contributed by atoms with van der Waals surface area (Å²) in [6.07, 6.45) is 6.72. The number of benzene rings is 1. The van der Waals surface area contributed by atoms with E-state index >= 15 is 0 Å².